The summed E-state index contributed by atoms with van der Waals surface area (Å²) in [7, 11) is 0. The van der Waals surface area contributed by atoms with E-state index in [4.69, 9.17) is 33.7 Å². The SMILES string of the molecule is Cc1[nH]c(C(=O)Nc2ccc(C(N)=O)cc2N2CCOC(C)C2)c(Cl)c1Cl. The van der Waals surface area contributed by atoms with E-state index in [9.17, 15) is 9.59 Å². The minimum atomic E-state index is -0.537. The topological polar surface area (TPSA) is 100 Å². The van der Waals surface area contributed by atoms with Crippen molar-refractivity contribution in [2.75, 3.05) is 29.9 Å². The molecule has 9 heteroatoms. The second kappa shape index (κ2) is 7.80. The zero-order valence-electron chi connectivity index (χ0n) is 14.9. The summed E-state index contributed by atoms with van der Waals surface area (Å²) < 4.78 is 5.57. The molecule has 1 unspecified atom stereocenters. The van der Waals surface area contributed by atoms with Crippen molar-refractivity contribution in [1.82, 2.24) is 4.98 Å². The lowest BCUT2D eigenvalue weighted by molar-refractivity contribution is 0.0533. The predicted molar refractivity (Wildman–Crippen MR) is 106 cm³/mol. The smallest absolute Gasteiger partial charge is 0.273 e. The van der Waals surface area contributed by atoms with Gasteiger partial charge in [-0.15, -0.1) is 0 Å². The monoisotopic (exact) mass is 410 g/mol. The number of amides is 2. The molecule has 1 aromatic heterocycles. The normalized spacial score (nSPS) is 17.0. The molecule has 7 nitrogen and oxygen atoms in total. The lowest BCUT2D eigenvalue weighted by atomic mass is 10.1. The largest absolute Gasteiger partial charge is 0.375 e. The molecule has 1 atom stereocenters. The second-order valence-corrected chi connectivity index (χ2v) is 7.19. The number of aryl methyl sites for hydroxylation is 1. The summed E-state index contributed by atoms with van der Waals surface area (Å²) in [5.74, 6) is -0.963. The zero-order chi connectivity index (χ0) is 19.7. The van der Waals surface area contributed by atoms with Crippen LogP contribution in [0.15, 0.2) is 18.2 Å². The third-order valence-electron chi connectivity index (χ3n) is 4.39. The number of primary amides is 1. The Hall–Kier alpha value is -2.22. The molecule has 1 aliphatic rings. The van der Waals surface area contributed by atoms with Gasteiger partial charge in [-0.25, -0.2) is 0 Å². The Balaban J connectivity index is 1.95. The van der Waals surface area contributed by atoms with Gasteiger partial charge in [-0.1, -0.05) is 23.2 Å². The molecule has 27 heavy (non-hydrogen) atoms. The van der Waals surface area contributed by atoms with E-state index >= 15 is 0 Å². The maximum absolute atomic E-state index is 12.7. The summed E-state index contributed by atoms with van der Waals surface area (Å²) in [5, 5.41) is 3.32. The highest BCUT2D eigenvalue weighted by atomic mass is 35.5. The zero-order valence-corrected chi connectivity index (χ0v) is 16.4. The lowest BCUT2D eigenvalue weighted by Gasteiger charge is -2.34. The Labute approximate surface area is 166 Å². The van der Waals surface area contributed by atoms with E-state index < -0.39 is 11.8 Å². The Morgan fingerprint density at radius 3 is 2.67 bits per heavy atom. The number of hydrogen-bond donors (Lipinski definition) is 3. The fourth-order valence-corrected chi connectivity index (χ4v) is 3.42. The van der Waals surface area contributed by atoms with Crippen LogP contribution in [-0.4, -0.2) is 42.6 Å². The van der Waals surface area contributed by atoms with Crippen LogP contribution in [0.25, 0.3) is 0 Å². The quantitative estimate of drug-likeness (QED) is 0.719. The fourth-order valence-electron chi connectivity index (χ4n) is 3.00. The van der Waals surface area contributed by atoms with Crippen LogP contribution >= 0.6 is 23.2 Å². The van der Waals surface area contributed by atoms with Crippen LogP contribution in [-0.2, 0) is 4.74 Å². The van der Waals surface area contributed by atoms with Gasteiger partial charge in [-0.2, -0.15) is 0 Å². The third kappa shape index (κ3) is 4.05. The molecule has 0 spiro atoms. The average Bonchev–Trinajstić information content (AvgIpc) is 2.89. The van der Waals surface area contributed by atoms with Crippen LogP contribution in [0.3, 0.4) is 0 Å². The minimum absolute atomic E-state index is 0.0267. The number of benzene rings is 1. The van der Waals surface area contributed by atoms with Gasteiger partial charge in [0.15, 0.2) is 0 Å². The van der Waals surface area contributed by atoms with Crippen LogP contribution in [0.2, 0.25) is 10.0 Å². The molecule has 0 radical (unpaired) electrons. The van der Waals surface area contributed by atoms with Crippen LogP contribution in [0.1, 0.15) is 33.5 Å². The van der Waals surface area contributed by atoms with Gasteiger partial charge >= 0.3 is 0 Å². The number of ether oxygens (including phenoxy) is 1. The highest BCUT2D eigenvalue weighted by Crippen LogP contribution is 2.32. The number of H-pyrrole nitrogens is 1. The van der Waals surface area contributed by atoms with E-state index in [2.05, 4.69) is 10.3 Å². The van der Waals surface area contributed by atoms with E-state index in [0.717, 1.165) is 0 Å². The summed E-state index contributed by atoms with van der Waals surface area (Å²) in [6.07, 6.45) is 0.0267. The number of carbonyl (C=O) groups excluding carboxylic acids is 2. The number of nitrogens with zero attached hydrogens (tertiary/aromatic N) is 1. The van der Waals surface area contributed by atoms with Gasteiger partial charge < -0.3 is 25.7 Å². The molecule has 1 aromatic carbocycles. The predicted octanol–water partition coefficient (Wildman–Crippen LogP) is 3.21. The number of carbonyl (C=O) groups is 2. The third-order valence-corrected chi connectivity index (χ3v) is 5.34. The van der Waals surface area contributed by atoms with E-state index in [1.807, 2.05) is 11.8 Å². The van der Waals surface area contributed by atoms with Crippen molar-refractivity contribution < 1.29 is 14.3 Å². The minimum Gasteiger partial charge on any atom is -0.375 e. The second-order valence-electron chi connectivity index (χ2n) is 6.43. The molecule has 0 saturated carbocycles. The van der Waals surface area contributed by atoms with Crippen molar-refractivity contribution in [3.8, 4) is 0 Å². The van der Waals surface area contributed by atoms with Crippen LogP contribution < -0.4 is 16.0 Å². The van der Waals surface area contributed by atoms with Gasteiger partial charge in [0.25, 0.3) is 5.91 Å². The van der Waals surface area contributed by atoms with Crippen molar-refractivity contribution in [2.45, 2.75) is 20.0 Å². The number of rotatable bonds is 4. The first kappa shape index (κ1) is 19.5. The van der Waals surface area contributed by atoms with Crippen molar-refractivity contribution in [2.24, 2.45) is 5.73 Å². The molecule has 1 saturated heterocycles. The van der Waals surface area contributed by atoms with E-state index in [0.29, 0.717) is 47.4 Å². The molecule has 4 N–H and O–H groups in total. The van der Waals surface area contributed by atoms with Crippen molar-refractivity contribution in [3.05, 3.63) is 45.2 Å². The molecule has 0 aliphatic carbocycles. The van der Waals surface area contributed by atoms with Gasteiger partial charge in [0.05, 0.1) is 34.1 Å². The Kier molecular flexibility index (Phi) is 5.64. The Morgan fingerprint density at radius 2 is 2.07 bits per heavy atom. The van der Waals surface area contributed by atoms with Crippen LogP contribution in [0.4, 0.5) is 11.4 Å². The first-order chi connectivity index (χ1) is 12.8. The number of nitrogens with two attached hydrogens (primary N) is 1. The summed E-state index contributed by atoms with van der Waals surface area (Å²) in [4.78, 5) is 29.2. The number of aromatic amines is 1. The molecular weight excluding hydrogens is 391 g/mol. The molecule has 1 fully saturated rings. The lowest BCUT2D eigenvalue weighted by Crippen LogP contribution is -2.41. The molecule has 1 aliphatic heterocycles. The van der Waals surface area contributed by atoms with Crippen LogP contribution in [0.5, 0.6) is 0 Å². The number of morpholine rings is 1. The first-order valence-corrected chi connectivity index (χ1v) is 9.18. The molecule has 2 heterocycles. The summed E-state index contributed by atoms with van der Waals surface area (Å²) in [6, 6.07) is 4.89. The first-order valence-electron chi connectivity index (χ1n) is 8.43. The Bertz CT molecular complexity index is 897. The average molecular weight is 411 g/mol. The summed E-state index contributed by atoms with van der Waals surface area (Å²) in [5.41, 5.74) is 7.80. The maximum atomic E-state index is 12.7. The number of hydrogen-bond acceptors (Lipinski definition) is 4. The van der Waals surface area contributed by atoms with Gasteiger partial charge in [0.2, 0.25) is 5.91 Å². The van der Waals surface area contributed by atoms with Crippen molar-refractivity contribution >= 4 is 46.4 Å². The maximum Gasteiger partial charge on any atom is 0.273 e. The highest BCUT2D eigenvalue weighted by molar-refractivity contribution is 6.44. The fraction of sp³-hybridized carbons (Fsp3) is 0.333. The summed E-state index contributed by atoms with van der Waals surface area (Å²) in [6.45, 7) is 5.49. The number of nitrogens with one attached hydrogen (secondary N) is 2. The number of aromatic nitrogens is 1. The molecule has 3 rings (SSSR count). The summed E-state index contributed by atoms with van der Waals surface area (Å²) >= 11 is 12.2. The molecule has 2 aromatic rings. The number of halogens is 2. The molecular formula is C18H20Cl2N4O3. The number of anilines is 2. The Morgan fingerprint density at radius 1 is 1.33 bits per heavy atom. The van der Waals surface area contributed by atoms with E-state index in [-0.39, 0.29) is 16.8 Å². The van der Waals surface area contributed by atoms with Crippen LogP contribution in [0, 0.1) is 6.92 Å². The molecule has 144 valence electrons. The standard InChI is InChI=1S/C18H20Cl2N4O3/c1-9-8-24(5-6-27-9)13-7-11(17(21)25)3-4-12(13)23-18(26)16-15(20)14(19)10(2)22-16/h3-4,7,9,22H,5-6,8H2,1-2H3,(H2,21,25)(H,23,26). The van der Waals surface area contributed by atoms with Gasteiger partial charge in [-0.05, 0) is 32.0 Å². The van der Waals surface area contributed by atoms with Crippen molar-refractivity contribution in [1.29, 1.82) is 0 Å². The van der Waals surface area contributed by atoms with Gasteiger partial charge in [0.1, 0.15) is 5.69 Å². The van der Waals surface area contributed by atoms with Crippen molar-refractivity contribution in [3.63, 3.8) is 0 Å². The van der Waals surface area contributed by atoms with Gasteiger partial charge in [0, 0.05) is 24.3 Å². The highest BCUT2D eigenvalue weighted by Gasteiger charge is 2.23. The van der Waals surface area contributed by atoms with Gasteiger partial charge in [-0.3, -0.25) is 9.59 Å². The molecule has 2 amide bonds. The van der Waals surface area contributed by atoms with E-state index in [1.54, 1.807) is 25.1 Å². The van der Waals surface area contributed by atoms with E-state index in [1.165, 1.54) is 0 Å². The molecule has 0 bridgehead atoms.